The third-order valence-electron chi connectivity index (χ3n) is 5.64. The van der Waals surface area contributed by atoms with Crippen LogP contribution in [-0.4, -0.2) is 62.7 Å². The number of nitrogens with zero attached hydrogens (tertiary/aromatic N) is 2. The molecule has 166 valence electrons. The Hall–Kier alpha value is -2.70. The normalized spacial score (nSPS) is 15.4. The highest BCUT2D eigenvalue weighted by molar-refractivity contribution is 5.99. The smallest absolute Gasteiger partial charge is 0.251 e. The molecule has 1 aliphatic rings. The number of hydrogen-bond acceptors (Lipinski definition) is 4. The van der Waals surface area contributed by atoms with Crippen LogP contribution in [0, 0.1) is 6.92 Å². The van der Waals surface area contributed by atoms with Crippen molar-refractivity contribution in [3.63, 3.8) is 0 Å². The minimum Gasteiger partial charge on any atom is -0.379 e. The van der Waals surface area contributed by atoms with E-state index < -0.39 is 0 Å². The molecule has 1 heterocycles. The molecule has 0 radical (unpaired) electrons. The highest BCUT2D eigenvalue weighted by Gasteiger charge is 2.18. The van der Waals surface area contributed by atoms with E-state index in [0.717, 1.165) is 49.7 Å². The molecule has 1 aliphatic heterocycles. The lowest BCUT2D eigenvalue weighted by atomic mass is 10.00. The van der Waals surface area contributed by atoms with E-state index >= 15 is 0 Å². The van der Waals surface area contributed by atoms with Gasteiger partial charge < -0.3 is 15.0 Å². The molecule has 1 unspecified atom stereocenters. The lowest BCUT2D eigenvalue weighted by Crippen LogP contribution is -2.46. The van der Waals surface area contributed by atoms with E-state index in [0.29, 0.717) is 12.0 Å². The number of anilines is 1. The zero-order valence-electron chi connectivity index (χ0n) is 19.0. The second kappa shape index (κ2) is 10.6. The highest BCUT2D eigenvalue weighted by atomic mass is 16.5. The van der Waals surface area contributed by atoms with Crippen LogP contribution in [0.4, 0.5) is 5.69 Å². The van der Waals surface area contributed by atoms with Gasteiger partial charge in [0, 0.05) is 50.4 Å². The lowest BCUT2D eigenvalue weighted by molar-refractivity contribution is -0.118. The van der Waals surface area contributed by atoms with E-state index in [1.807, 2.05) is 57.2 Å². The van der Waals surface area contributed by atoms with Crippen molar-refractivity contribution in [1.29, 1.82) is 0 Å². The van der Waals surface area contributed by atoms with Crippen molar-refractivity contribution < 1.29 is 14.3 Å². The van der Waals surface area contributed by atoms with E-state index in [1.54, 1.807) is 18.0 Å². The van der Waals surface area contributed by atoms with Gasteiger partial charge in [-0.2, -0.15) is 0 Å². The van der Waals surface area contributed by atoms with Crippen molar-refractivity contribution in [3.05, 3.63) is 53.6 Å². The molecule has 2 aromatic rings. The summed E-state index contributed by atoms with van der Waals surface area (Å²) in [5, 5.41) is 3.12. The fourth-order valence-electron chi connectivity index (χ4n) is 3.75. The van der Waals surface area contributed by atoms with Gasteiger partial charge in [-0.05, 0) is 43.2 Å². The quantitative estimate of drug-likeness (QED) is 0.741. The zero-order chi connectivity index (χ0) is 22.4. The number of carbonyl (C=O) groups is 2. The van der Waals surface area contributed by atoms with Crippen LogP contribution in [0.15, 0.2) is 42.5 Å². The topological polar surface area (TPSA) is 61.9 Å². The summed E-state index contributed by atoms with van der Waals surface area (Å²) in [4.78, 5) is 29.3. The number of carbonyl (C=O) groups excluding carboxylic acids is 2. The SMILES string of the molecule is CCC(=O)N(C)c1cc(C(=O)NC(C)CN2CCOCC2)cc(-c2ccc(C)cc2)c1. The fraction of sp³-hybridized carbons (Fsp3) is 0.440. The summed E-state index contributed by atoms with van der Waals surface area (Å²) in [7, 11) is 1.75. The molecule has 31 heavy (non-hydrogen) atoms. The number of ether oxygens (including phenoxy) is 1. The van der Waals surface area contributed by atoms with Crippen LogP contribution in [0.5, 0.6) is 0 Å². The largest absolute Gasteiger partial charge is 0.379 e. The Labute approximate surface area is 185 Å². The average molecular weight is 424 g/mol. The van der Waals surface area contributed by atoms with Gasteiger partial charge >= 0.3 is 0 Å². The summed E-state index contributed by atoms with van der Waals surface area (Å²) in [5.74, 6) is -0.124. The Balaban J connectivity index is 1.84. The van der Waals surface area contributed by atoms with Crippen molar-refractivity contribution in [2.45, 2.75) is 33.2 Å². The Kier molecular flexibility index (Phi) is 7.82. The Morgan fingerprint density at radius 3 is 2.42 bits per heavy atom. The predicted molar refractivity (Wildman–Crippen MR) is 125 cm³/mol. The minimum absolute atomic E-state index is 0.00656. The van der Waals surface area contributed by atoms with E-state index in [4.69, 9.17) is 4.74 Å². The molecule has 0 bridgehead atoms. The molecular formula is C25H33N3O3. The van der Waals surface area contributed by atoms with Crippen molar-refractivity contribution in [3.8, 4) is 11.1 Å². The standard InChI is InChI=1S/C25H33N3O3/c1-5-24(29)27(4)23-15-21(20-8-6-18(2)7-9-20)14-22(16-23)25(30)26-19(3)17-28-10-12-31-13-11-28/h6-9,14-16,19H,5,10-13,17H2,1-4H3,(H,26,30). The van der Waals surface area contributed by atoms with Crippen LogP contribution in [-0.2, 0) is 9.53 Å². The maximum Gasteiger partial charge on any atom is 0.251 e. The first-order valence-electron chi connectivity index (χ1n) is 11.0. The molecule has 0 aliphatic carbocycles. The number of rotatable bonds is 7. The van der Waals surface area contributed by atoms with Crippen molar-refractivity contribution in [2.24, 2.45) is 0 Å². The molecule has 1 fully saturated rings. The summed E-state index contributed by atoms with van der Waals surface area (Å²) < 4.78 is 5.40. The molecule has 1 N–H and O–H groups in total. The van der Waals surface area contributed by atoms with Gasteiger partial charge in [-0.1, -0.05) is 36.8 Å². The first-order valence-corrected chi connectivity index (χ1v) is 11.0. The van der Waals surface area contributed by atoms with Crippen LogP contribution in [0.25, 0.3) is 11.1 Å². The van der Waals surface area contributed by atoms with Gasteiger partial charge in [0.1, 0.15) is 0 Å². The van der Waals surface area contributed by atoms with Gasteiger partial charge in [-0.25, -0.2) is 0 Å². The van der Waals surface area contributed by atoms with Crippen molar-refractivity contribution in [2.75, 3.05) is 44.8 Å². The lowest BCUT2D eigenvalue weighted by Gasteiger charge is -2.29. The highest BCUT2D eigenvalue weighted by Crippen LogP contribution is 2.27. The third kappa shape index (κ3) is 6.15. The molecule has 2 aromatic carbocycles. The van der Waals surface area contributed by atoms with Crippen LogP contribution in [0.3, 0.4) is 0 Å². The first-order chi connectivity index (χ1) is 14.9. The van der Waals surface area contributed by atoms with E-state index in [2.05, 4.69) is 10.2 Å². The second-order valence-corrected chi connectivity index (χ2v) is 8.23. The van der Waals surface area contributed by atoms with E-state index in [9.17, 15) is 9.59 Å². The van der Waals surface area contributed by atoms with Gasteiger partial charge in [-0.3, -0.25) is 14.5 Å². The van der Waals surface area contributed by atoms with E-state index in [-0.39, 0.29) is 17.9 Å². The summed E-state index contributed by atoms with van der Waals surface area (Å²) in [6.07, 6.45) is 0.406. The minimum atomic E-state index is -0.131. The van der Waals surface area contributed by atoms with Crippen LogP contribution >= 0.6 is 0 Å². The van der Waals surface area contributed by atoms with Crippen LogP contribution < -0.4 is 10.2 Å². The molecular weight excluding hydrogens is 390 g/mol. The van der Waals surface area contributed by atoms with Crippen molar-refractivity contribution >= 4 is 17.5 Å². The van der Waals surface area contributed by atoms with Gasteiger partial charge in [0.25, 0.3) is 5.91 Å². The first kappa shape index (κ1) is 23.0. The summed E-state index contributed by atoms with van der Waals surface area (Å²) in [5.41, 5.74) is 4.38. The zero-order valence-corrected chi connectivity index (χ0v) is 19.0. The molecule has 3 rings (SSSR count). The fourth-order valence-corrected chi connectivity index (χ4v) is 3.75. The van der Waals surface area contributed by atoms with Gasteiger partial charge in [0.05, 0.1) is 13.2 Å². The third-order valence-corrected chi connectivity index (χ3v) is 5.64. The predicted octanol–water partition coefficient (Wildman–Crippen LogP) is 3.49. The number of aryl methyl sites for hydroxylation is 1. The molecule has 0 aromatic heterocycles. The maximum atomic E-state index is 13.1. The molecule has 0 saturated carbocycles. The Bertz CT molecular complexity index is 905. The monoisotopic (exact) mass is 423 g/mol. The maximum absolute atomic E-state index is 13.1. The summed E-state index contributed by atoms with van der Waals surface area (Å²) >= 11 is 0. The molecule has 1 saturated heterocycles. The number of morpholine rings is 1. The molecule has 6 nitrogen and oxygen atoms in total. The Morgan fingerprint density at radius 2 is 1.77 bits per heavy atom. The molecule has 0 spiro atoms. The number of hydrogen-bond donors (Lipinski definition) is 1. The molecule has 2 amide bonds. The molecule has 1 atom stereocenters. The number of nitrogens with one attached hydrogen (secondary N) is 1. The molecule has 6 heteroatoms. The van der Waals surface area contributed by atoms with Gasteiger partial charge in [0.2, 0.25) is 5.91 Å². The second-order valence-electron chi connectivity index (χ2n) is 8.23. The van der Waals surface area contributed by atoms with E-state index in [1.165, 1.54) is 5.56 Å². The average Bonchev–Trinajstić information content (AvgIpc) is 2.78. The van der Waals surface area contributed by atoms with Gasteiger partial charge in [-0.15, -0.1) is 0 Å². The van der Waals surface area contributed by atoms with Crippen LogP contribution in [0.1, 0.15) is 36.2 Å². The van der Waals surface area contributed by atoms with Crippen LogP contribution in [0.2, 0.25) is 0 Å². The summed E-state index contributed by atoms with van der Waals surface area (Å²) in [6, 6.07) is 13.8. The number of benzene rings is 2. The Morgan fingerprint density at radius 1 is 1.10 bits per heavy atom. The number of amides is 2. The summed E-state index contributed by atoms with van der Waals surface area (Å²) in [6.45, 7) is 9.93. The van der Waals surface area contributed by atoms with Gasteiger partial charge in [0.15, 0.2) is 0 Å². The van der Waals surface area contributed by atoms with Crippen molar-refractivity contribution in [1.82, 2.24) is 10.2 Å².